The van der Waals surface area contributed by atoms with E-state index in [2.05, 4.69) is 44.2 Å². The van der Waals surface area contributed by atoms with Gasteiger partial charge in [-0.3, -0.25) is 4.79 Å². The summed E-state index contributed by atoms with van der Waals surface area (Å²) in [4.78, 5) is 14.5. The van der Waals surface area contributed by atoms with Crippen LogP contribution in [-0.2, 0) is 6.42 Å². The van der Waals surface area contributed by atoms with Gasteiger partial charge in [-0.15, -0.1) is 0 Å². The second-order valence-electron chi connectivity index (χ2n) is 7.62. The Balaban J connectivity index is 1.65. The predicted molar refractivity (Wildman–Crippen MR) is 104 cm³/mol. The van der Waals surface area contributed by atoms with Crippen molar-refractivity contribution >= 4 is 5.91 Å². The van der Waals surface area contributed by atoms with Gasteiger partial charge >= 0.3 is 0 Å². The standard InChI is InChI=1S/C23H26N2O/c1-18(2)20-10-8-19(9-11-20)16-23(17-24)12-14-25(15-13-23)22(26)21-6-4-3-5-7-21/h3-11,18H,12-16H2,1-2H3. The van der Waals surface area contributed by atoms with E-state index in [0.29, 0.717) is 19.0 Å². The molecular weight excluding hydrogens is 320 g/mol. The number of carbonyl (C=O) groups is 1. The molecule has 0 aromatic heterocycles. The molecule has 134 valence electrons. The summed E-state index contributed by atoms with van der Waals surface area (Å²) in [5.74, 6) is 0.583. The minimum atomic E-state index is -0.368. The molecule has 0 bridgehead atoms. The van der Waals surface area contributed by atoms with E-state index in [0.717, 1.165) is 24.8 Å². The van der Waals surface area contributed by atoms with Crippen LogP contribution in [-0.4, -0.2) is 23.9 Å². The van der Waals surface area contributed by atoms with E-state index in [9.17, 15) is 10.1 Å². The van der Waals surface area contributed by atoms with E-state index in [1.54, 1.807) is 0 Å². The summed E-state index contributed by atoms with van der Waals surface area (Å²) in [6.45, 7) is 5.66. The molecule has 1 aliphatic heterocycles. The number of nitriles is 1. The fourth-order valence-electron chi connectivity index (χ4n) is 3.64. The Morgan fingerprint density at radius 3 is 2.23 bits per heavy atom. The zero-order valence-electron chi connectivity index (χ0n) is 15.6. The zero-order valence-corrected chi connectivity index (χ0v) is 15.6. The molecule has 0 saturated carbocycles. The number of amides is 1. The number of piperidine rings is 1. The molecular formula is C23H26N2O. The second kappa shape index (κ2) is 7.74. The molecule has 0 unspecified atom stereocenters. The smallest absolute Gasteiger partial charge is 0.253 e. The molecule has 1 saturated heterocycles. The third-order valence-corrected chi connectivity index (χ3v) is 5.45. The lowest BCUT2D eigenvalue weighted by atomic mass is 9.75. The van der Waals surface area contributed by atoms with Crippen molar-refractivity contribution in [1.82, 2.24) is 4.90 Å². The first-order chi connectivity index (χ1) is 12.5. The van der Waals surface area contributed by atoms with Crippen LogP contribution in [0.15, 0.2) is 54.6 Å². The first-order valence-corrected chi connectivity index (χ1v) is 9.37. The summed E-state index contributed by atoms with van der Waals surface area (Å²) in [5, 5.41) is 9.83. The van der Waals surface area contributed by atoms with Crippen LogP contribution in [0.4, 0.5) is 0 Å². The van der Waals surface area contributed by atoms with Crippen LogP contribution in [0.2, 0.25) is 0 Å². The van der Waals surface area contributed by atoms with E-state index in [1.165, 1.54) is 11.1 Å². The summed E-state index contributed by atoms with van der Waals surface area (Å²) in [7, 11) is 0. The number of benzene rings is 2. The van der Waals surface area contributed by atoms with Crippen LogP contribution >= 0.6 is 0 Å². The molecule has 1 fully saturated rings. The van der Waals surface area contributed by atoms with Crippen LogP contribution in [0.25, 0.3) is 0 Å². The van der Waals surface area contributed by atoms with Gasteiger partial charge in [-0.05, 0) is 48.4 Å². The number of carbonyl (C=O) groups excluding carboxylic acids is 1. The number of hydrogen-bond donors (Lipinski definition) is 0. The molecule has 2 aromatic rings. The average Bonchev–Trinajstić information content (AvgIpc) is 2.69. The molecule has 1 heterocycles. The van der Waals surface area contributed by atoms with Crippen molar-refractivity contribution in [2.24, 2.45) is 5.41 Å². The van der Waals surface area contributed by atoms with Gasteiger partial charge in [-0.25, -0.2) is 0 Å². The Kier molecular flexibility index (Phi) is 5.42. The maximum atomic E-state index is 12.6. The molecule has 26 heavy (non-hydrogen) atoms. The topological polar surface area (TPSA) is 44.1 Å². The molecule has 0 atom stereocenters. The van der Waals surface area contributed by atoms with Gasteiger partial charge in [0.1, 0.15) is 0 Å². The molecule has 0 radical (unpaired) electrons. The first-order valence-electron chi connectivity index (χ1n) is 9.37. The molecule has 1 aliphatic rings. The Hall–Kier alpha value is -2.60. The largest absolute Gasteiger partial charge is 0.339 e. The molecule has 3 rings (SSSR count). The van der Waals surface area contributed by atoms with Crippen molar-refractivity contribution < 1.29 is 4.79 Å². The summed E-state index contributed by atoms with van der Waals surface area (Å²) in [5.41, 5.74) is 2.88. The van der Waals surface area contributed by atoms with Crippen LogP contribution < -0.4 is 0 Å². The van der Waals surface area contributed by atoms with Gasteiger partial charge in [-0.2, -0.15) is 5.26 Å². The predicted octanol–water partition coefficient (Wildman–Crippen LogP) is 4.80. The number of nitrogens with zero attached hydrogens (tertiary/aromatic N) is 2. The third kappa shape index (κ3) is 3.96. The van der Waals surface area contributed by atoms with Gasteiger partial charge in [0.2, 0.25) is 0 Å². The lowest BCUT2D eigenvalue weighted by molar-refractivity contribution is 0.0647. The quantitative estimate of drug-likeness (QED) is 0.798. The van der Waals surface area contributed by atoms with Gasteiger partial charge in [0.25, 0.3) is 5.91 Å². The van der Waals surface area contributed by atoms with Gasteiger partial charge < -0.3 is 4.90 Å². The van der Waals surface area contributed by atoms with Crippen molar-refractivity contribution in [1.29, 1.82) is 5.26 Å². The van der Waals surface area contributed by atoms with Crippen molar-refractivity contribution in [3.63, 3.8) is 0 Å². The molecule has 2 aromatic carbocycles. The number of likely N-dealkylation sites (tertiary alicyclic amines) is 1. The third-order valence-electron chi connectivity index (χ3n) is 5.45. The van der Waals surface area contributed by atoms with Crippen molar-refractivity contribution in [2.45, 2.75) is 39.0 Å². The van der Waals surface area contributed by atoms with Crippen LogP contribution in [0.5, 0.6) is 0 Å². The summed E-state index contributed by atoms with van der Waals surface area (Å²) in [6.07, 6.45) is 2.22. The highest BCUT2D eigenvalue weighted by atomic mass is 16.2. The van der Waals surface area contributed by atoms with Crippen molar-refractivity contribution in [3.8, 4) is 6.07 Å². The SMILES string of the molecule is CC(C)c1ccc(CC2(C#N)CCN(C(=O)c3ccccc3)CC2)cc1. The van der Waals surface area contributed by atoms with Crippen molar-refractivity contribution in [3.05, 3.63) is 71.3 Å². The van der Waals surface area contributed by atoms with E-state index in [4.69, 9.17) is 0 Å². The Bertz CT molecular complexity index is 779. The maximum absolute atomic E-state index is 12.6. The van der Waals surface area contributed by atoms with Gasteiger partial charge in [-0.1, -0.05) is 56.3 Å². The molecule has 0 N–H and O–H groups in total. The molecule has 1 amide bonds. The van der Waals surface area contributed by atoms with Gasteiger partial charge in [0, 0.05) is 18.7 Å². The molecule has 0 spiro atoms. The lowest BCUT2D eigenvalue weighted by Crippen LogP contribution is -2.43. The Morgan fingerprint density at radius 1 is 1.08 bits per heavy atom. The fraction of sp³-hybridized carbons (Fsp3) is 0.391. The minimum absolute atomic E-state index is 0.0680. The average molecular weight is 346 g/mol. The number of rotatable bonds is 4. The fourth-order valence-corrected chi connectivity index (χ4v) is 3.64. The number of hydrogen-bond acceptors (Lipinski definition) is 2. The summed E-state index contributed by atoms with van der Waals surface area (Å²) in [6, 6.07) is 20.6. The van der Waals surface area contributed by atoms with Gasteiger partial charge in [0.05, 0.1) is 11.5 Å². The minimum Gasteiger partial charge on any atom is -0.339 e. The van der Waals surface area contributed by atoms with Gasteiger partial charge in [0.15, 0.2) is 0 Å². The van der Waals surface area contributed by atoms with E-state index in [-0.39, 0.29) is 11.3 Å². The Morgan fingerprint density at radius 2 is 1.69 bits per heavy atom. The zero-order chi connectivity index (χ0) is 18.6. The summed E-state index contributed by atoms with van der Waals surface area (Å²) >= 11 is 0. The van der Waals surface area contributed by atoms with E-state index >= 15 is 0 Å². The van der Waals surface area contributed by atoms with Crippen LogP contribution in [0, 0.1) is 16.7 Å². The maximum Gasteiger partial charge on any atom is 0.253 e. The highest BCUT2D eigenvalue weighted by Gasteiger charge is 2.36. The first kappa shape index (κ1) is 18.2. The highest BCUT2D eigenvalue weighted by molar-refractivity contribution is 5.94. The second-order valence-corrected chi connectivity index (χ2v) is 7.62. The molecule has 3 nitrogen and oxygen atoms in total. The van der Waals surface area contributed by atoms with E-state index < -0.39 is 0 Å². The van der Waals surface area contributed by atoms with Crippen LogP contribution in [0.1, 0.15) is 54.1 Å². The molecule has 0 aliphatic carbocycles. The Labute approximate surface area is 156 Å². The van der Waals surface area contributed by atoms with Crippen LogP contribution in [0.3, 0.4) is 0 Å². The highest BCUT2D eigenvalue weighted by Crippen LogP contribution is 2.35. The van der Waals surface area contributed by atoms with E-state index in [1.807, 2.05) is 35.2 Å². The summed E-state index contributed by atoms with van der Waals surface area (Å²) < 4.78 is 0. The molecule has 3 heteroatoms. The van der Waals surface area contributed by atoms with Crippen molar-refractivity contribution in [2.75, 3.05) is 13.1 Å². The lowest BCUT2D eigenvalue weighted by Gasteiger charge is -2.37. The monoisotopic (exact) mass is 346 g/mol. The normalized spacial score (nSPS) is 16.3.